The average Bonchev–Trinajstić information content (AvgIpc) is 2.45. The lowest BCUT2D eigenvalue weighted by Crippen LogP contribution is -2.51. The van der Waals surface area contributed by atoms with Gasteiger partial charge >= 0.3 is 5.97 Å². The molecule has 8 heteroatoms. The maximum absolute atomic E-state index is 12.3. The van der Waals surface area contributed by atoms with E-state index in [0.29, 0.717) is 25.8 Å². The largest absolute Gasteiger partial charge is 0.481 e. The number of carboxylic acid groups (broad SMARTS) is 1. The number of sulfonamides is 1. The Hall–Kier alpha value is -1.15. The fourth-order valence-corrected chi connectivity index (χ4v) is 3.69. The monoisotopic (exact) mass is 334 g/mol. The molecule has 1 atom stereocenters. The molecule has 1 heterocycles. The van der Waals surface area contributed by atoms with Crippen molar-refractivity contribution < 1.29 is 23.1 Å². The van der Waals surface area contributed by atoms with Crippen molar-refractivity contribution in [2.24, 2.45) is 5.92 Å². The molecule has 1 fully saturated rings. The standard InChI is InChI=1S/C14H26N2O5S/c1-4-22(20,21)16-9-5-6-11(10-16)13(19)15-14(2,3)8-7-12(17)18/h11H,4-10H2,1-3H3,(H,15,19)(H,17,18). The molecule has 1 unspecified atom stereocenters. The molecule has 1 aliphatic rings. The molecule has 0 aromatic carbocycles. The second-order valence-corrected chi connectivity index (χ2v) is 8.62. The summed E-state index contributed by atoms with van der Waals surface area (Å²) in [5.74, 6) is -1.45. The van der Waals surface area contributed by atoms with E-state index < -0.39 is 21.5 Å². The molecule has 7 nitrogen and oxygen atoms in total. The number of rotatable bonds is 7. The third kappa shape index (κ3) is 5.57. The van der Waals surface area contributed by atoms with Crippen LogP contribution in [0.4, 0.5) is 0 Å². The summed E-state index contributed by atoms with van der Waals surface area (Å²) in [4.78, 5) is 23.0. The van der Waals surface area contributed by atoms with Gasteiger partial charge in [0.25, 0.3) is 0 Å². The van der Waals surface area contributed by atoms with Gasteiger partial charge in [-0.05, 0) is 40.0 Å². The van der Waals surface area contributed by atoms with Gasteiger partial charge in [0.05, 0.1) is 11.7 Å². The summed E-state index contributed by atoms with van der Waals surface area (Å²) in [6.45, 7) is 5.81. The van der Waals surface area contributed by atoms with E-state index in [1.807, 2.05) is 0 Å². The van der Waals surface area contributed by atoms with Gasteiger partial charge in [0, 0.05) is 25.0 Å². The first-order valence-corrected chi connectivity index (χ1v) is 9.20. The Labute approximate surface area is 132 Å². The molecule has 1 aliphatic heterocycles. The first kappa shape index (κ1) is 18.9. The highest BCUT2D eigenvalue weighted by Crippen LogP contribution is 2.21. The molecule has 2 N–H and O–H groups in total. The van der Waals surface area contributed by atoms with Crippen LogP contribution in [-0.4, -0.2) is 54.1 Å². The van der Waals surface area contributed by atoms with Crippen LogP contribution in [0.5, 0.6) is 0 Å². The first-order valence-electron chi connectivity index (χ1n) is 7.59. The van der Waals surface area contributed by atoms with Gasteiger partial charge in [-0.25, -0.2) is 12.7 Å². The smallest absolute Gasteiger partial charge is 0.303 e. The van der Waals surface area contributed by atoms with E-state index in [1.165, 1.54) is 4.31 Å². The van der Waals surface area contributed by atoms with Crippen molar-refractivity contribution in [3.8, 4) is 0 Å². The highest BCUT2D eigenvalue weighted by molar-refractivity contribution is 7.89. The summed E-state index contributed by atoms with van der Waals surface area (Å²) >= 11 is 0. The minimum atomic E-state index is -3.28. The van der Waals surface area contributed by atoms with Crippen molar-refractivity contribution in [3.05, 3.63) is 0 Å². The molecule has 1 amide bonds. The van der Waals surface area contributed by atoms with Crippen molar-refractivity contribution in [2.45, 2.75) is 52.0 Å². The molecule has 0 aromatic rings. The molecular weight excluding hydrogens is 308 g/mol. The van der Waals surface area contributed by atoms with Crippen LogP contribution >= 0.6 is 0 Å². The summed E-state index contributed by atoms with van der Waals surface area (Å²) in [5, 5.41) is 11.6. The fourth-order valence-electron chi connectivity index (χ4n) is 2.51. The Kier molecular flexibility index (Phi) is 6.37. The van der Waals surface area contributed by atoms with E-state index in [-0.39, 0.29) is 30.5 Å². The summed E-state index contributed by atoms with van der Waals surface area (Å²) < 4.78 is 25.2. The van der Waals surface area contributed by atoms with Crippen LogP contribution in [-0.2, 0) is 19.6 Å². The number of nitrogens with one attached hydrogen (secondary N) is 1. The molecule has 0 aromatic heterocycles. The maximum atomic E-state index is 12.3. The van der Waals surface area contributed by atoms with Crippen LogP contribution in [0.25, 0.3) is 0 Å². The first-order chi connectivity index (χ1) is 10.1. The number of piperidine rings is 1. The van der Waals surface area contributed by atoms with Crippen LogP contribution in [0.15, 0.2) is 0 Å². The summed E-state index contributed by atoms with van der Waals surface area (Å²) in [5.41, 5.74) is -0.624. The van der Waals surface area contributed by atoms with Gasteiger partial charge in [-0.15, -0.1) is 0 Å². The van der Waals surface area contributed by atoms with E-state index in [9.17, 15) is 18.0 Å². The van der Waals surface area contributed by atoms with E-state index in [4.69, 9.17) is 5.11 Å². The number of carbonyl (C=O) groups excluding carboxylic acids is 1. The highest BCUT2D eigenvalue weighted by atomic mass is 32.2. The zero-order valence-electron chi connectivity index (χ0n) is 13.5. The average molecular weight is 334 g/mol. The van der Waals surface area contributed by atoms with Crippen LogP contribution in [0.3, 0.4) is 0 Å². The van der Waals surface area contributed by atoms with E-state index in [1.54, 1.807) is 20.8 Å². The minimum absolute atomic E-state index is 0.0196. The number of nitrogens with zero attached hydrogens (tertiary/aromatic N) is 1. The Balaban J connectivity index is 2.63. The lowest BCUT2D eigenvalue weighted by Gasteiger charge is -2.33. The molecule has 0 saturated carbocycles. The minimum Gasteiger partial charge on any atom is -0.481 e. The van der Waals surface area contributed by atoms with Crippen LogP contribution < -0.4 is 5.32 Å². The van der Waals surface area contributed by atoms with Gasteiger partial charge < -0.3 is 10.4 Å². The topological polar surface area (TPSA) is 104 Å². The SMILES string of the molecule is CCS(=O)(=O)N1CCCC(C(=O)NC(C)(C)CCC(=O)O)C1. The quantitative estimate of drug-likeness (QED) is 0.717. The van der Waals surface area contributed by atoms with Gasteiger partial charge in [0.1, 0.15) is 0 Å². The number of carbonyl (C=O) groups is 2. The Morgan fingerprint density at radius 3 is 2.55 bits per heavy atom. The lowest BCUT2D eigenvalue weighted by molar-refractivity contribution is -0.138. The number of hydrogen-bond donors (Lipinski definition) is 2. The molecule has 128 valence electrons. The van der Waals surface area contributed by atoms with E-state index in [0.717, 1.165) is 0 Å². The highest BCUT2D eigenvalue weighted by Gasteiger charge is 2.33. The van der Waals surface area contributed by atoms with Crippen LogP contribution in [0.1, 0.15) is 46.5 Å². The predicted octanol–water partition coefficient (Wildman–Crippen LogP) is 0.808. The van der Waals surface area contributed by atoms with Gasteiger partial charge in [-0.3, -0.25) is 9.59 Å². The third-order valence-electron chi connectivity index (χ3n) is 3.94. The van der Waals surface area contributed by atoms with E-state index in [2.05, 4.69) is 5.32 Å². The van der Waals surface area contributed by atoms with E-state index >= 15 is 0 Å². The second-order valence-electron chi connectivity index (χ2n) is 6.36. The molecule has 0 spiro atoms. The molecule has 0 bridgehead atoms. The normalized spacial score (nSPS) is 20.6. The number of carboxylic acids is 1. The van der Waals surface area contributed by atoms with Gasteiger partial charge in [0.2, 0.25) is 15.9 Å². The zero-order valence-corrected chi connectivity index (χ0v) is 14.3. The number of amides is 1. The van der Waals surface area contributed by atoms with Gasteiger partial charge in [-0.1, -0.05) is 0 Å². The molecular formula is C14H26N2O5S. The summed E-state index contributed by atoms with van der Waals surface area (Å²) in [6.07, 6.45) is 1.62. The maximum Gasteiger partial charge on any atom is 0.303 e. The number of hydrogen-bond acceptors (Lipinski definition) is 4. The van der Waals surface area contributed by atoms with Crippen molar-refractivity contribution in [2.75, 3.05) is 18.8 Å². The van der Waals surface area contributed by atoms with Crippen molar-refractivity contribution >= 4 is 21.9 Å². The summed E-state index contributed by atoms with van der Waals surface area (Å²) in [7, 11) is -3.28. The molecule has 1 rings (SSSR count). The molecule has 1 saturated heterocycles. The van der Waals surface area contributed by atoms with Crippen molar-refractivity contribution in [1.82, 2.24) is 9.62 Å². The Morgan fingerprint density at radius 1 is 1.36 bits per heavy atom. The van der Waals surface area contributed by atoms with Gasteiger partial charge in [0.15, 0.2) is 0 Å². The van der Waals surface area contributed by atoms with Crippen molar-refractivity contribution in [1.29, 1.82) is 0 Å². The second kappa shape index (κ2) is 7.41. The fraction of sp³-hybridized carbons (Fsp3) is 0.857. The summed E-state index contributed by atoms with van der Waals surface area (Å²) in [6, 6.07) is 0. The third-order valence-corrected chi connectivity index (χ3v) is 5.79. The Morgan fingerprint density at radius 2 is 2.00 bits per heavy atom. The van der Waals surface area contributed by atoms with Crippen LogP contribution in [0.2, 0.25) is 0 Å². The lowest BCUT2D eigenvalue weighted by atomic mass is 9.94. The Bertz CT molecular complexity index is 515. The van der Waals surface area contributed by atoms with Crippen molar-refractivity contribution in [3.63, 3.8) is 0 Å². The molecule has 0 aliphatic carbocycles. The molecule has 22 heavy (non-hydrogen) atoms. The zero-order chi connectivity index (χ0) is 17.0. The molecule has 0 radical (unpaired) electrons. The van der Waals surface area contributed by atoms with Crippen LogP contribution in [0, 0.1) is 5.92 Å². The predicted molar refractivity (Wildman–Crippen MR) is 82.8 cm³/mol. The van der Waals surface area contributed by atoms with Gasteiger partial charge in [-0.2, -0.15) is 0 Å². The number of aliphatic carboxylic acids is 1.